The highest BCUT2D eigenvalue weighted by molar-refractivity contribution is 7.80. The van der Waals surface area contributed by atoms with E-state index in [1.807, 2.05) is 32.9 Å². The maximum absolute atomic E-state index is 12.7. The number of aryl methyl sites for hydroxylation is 2. The monoisotopic (exact) mass is 389 g/mol. The lowest BCUT2D eigenvalue weighted by molar-refractivity contribution is 0.0945. The number of pyridine rings is 1. The first-order valence-corrected chi connectivity index (χ1v) is 9.28. The average molecular weight is 390 g/mol. The molecule has 26 heavy (non-hydrogen) atoms. The van der Waals surface area contributed by atoms with Gasteiger partial charge in [0.15, 0.2) is 5.11 Å². The van der Waals surface area contributed by atoms with Crippen LogP contribution in [0.3, 0.4) is 0 Å². The fraction of sp³-hybridized carbons (Fsp3) is 0.294. The van der Waals surface area contributed by atoms with Crippen LogP contribution in [0.25, 0.3) is 21.7 Å². The predicted molar refractivity (Wildman–Crippen MR) is 106 cm³/mol. The number of amides is 1. The quantitative estimate of drug-likeness (QED) is 0.468. The summed E-state index contributed by atoms with van der Waals surface area (Å²) in [5.41, 5.74) is 7.35. The molecule has 1 amide bonds. The van der Waals surface area contributed by atoms with Crippen LogP contribution in [0.1, 0.15) is 34.8 Å². The van der Waals surface area contributed by atoms with Crippen molar-refractivity contribution in [1.29, 1.82) is 0 Å². The first-order chi connectivity index (χ1) is 12.3. The SMILES string of the molecule is Cc1ccc(-c2cc(C(=O)NNC(=S)NC(C)C)c3c(C)noc3n2)s1. The van der Waals surface area contributed by atoms with Gasteiger partial charge in [-0.15, -0.1) is 11.3 Å². The molecule has 0 saturated carbocycles. The van der Waals surface area contributed by atoms with Crippen LogP contribution in [0.5, 0.6) is 0 Å². The molecule has 3 heterocycles. The molecule has 0 atom stereocenters. The van der Waals surface area contributed by atoms with E-state index >= 15 is 0 Å². The lowest BCUT2D eigenvalue weighted by Gasteiger charge is -2.14. The van der Waals surface area contributed by atoms with Gasteiger partial charge in [0.2, 0.25) is 0 Å². The van der Waals surface area contributed by atoms with Crippen molar-refractivity contribution in [2.45, 2.75) is 33.7 Å². The number of carbonyl (C=O) groups excluding carboxylic acids is 1. The van der Waals surface area contributed by atoms with Gasteiger partial charge in [-0.05, 0) is 58.1 Å². The molecule has 3 N–H and O–H groups in total. The Morgan fingerprint density at radius 3 is 2.69 bits per heavy atom. The van der Waals surface area contributed by atoms with Crippen molar-refractivity contribution in [3.05, 3.63) is 34.3 Å². The van der Waals surface area contributed by atoms with Gasteiger partial charge in [0.05, 0.1) is 27.2 Å². The number of carbonyl (C=O) groups is 1. The average Bonchev–Trinajstić information content (AvgIpc) is 3.17. The fourth-order valence-corrected chi connectivity index (χ4v) is 3.57. The number of hydrogen-bond acceptors (Lipinski definition) is 6. The summed E-state index contributed by atoms with van der Waals surface area (Å²) in [5, 5.41) is 7.87. The molecule has 0 aliphatic carbocycles. The van der Waals surface area contributed by atoms with E-state index in [-0.39, 0.29) is 11.9 Å². The van der Waals surface area contributed by atoms with Gasteiger partial charge < -0.3 is 9.84 Å². The highest BCUT2D eigenvalue weighted by atomic mass is 32.1. The Bertz CT molecular complexity index is 977. The first kappa shape index (κ1) is 18.3. The molecular formula is C17H19N5O2S2. The van der Waals surface area contributed by atoms with Gasteiger partial charge in [-0.1, -0.05) is 5.16 Å². The number of fused-ring (bicyclic) bond motifs is 1. The van der Waals surface area contributed by atoms with Crippen LogP contribution in [0.15, 0.2) is 22.7 Å². The van der Waals surface area contributed by atoms with Gasteiger partial charge in [-0.25, -0.2) is 4.98 Å². The van der Waals surface area contributed by atoms with E-state index in [2.05, 4.69) is 26.3 Å². The van der Waals surface area contributed by atoms with E-state index in [4.69, 9.17) is 16.7 Å². The highest BCUT2D eigenvalue weighted by Crippen LogP contribution is 2.30. The maximum Gasteiger partial charge on any atom is 0.270 e. The van der Waals surface area contributed by atoms with Crippen molar-refractivity contribution in [2.75, 3.05) is 0 Å². The van der Waals surface area contributed by atoms with Gasteiger partial charge in [0.1, 0.15) is 0 Å². The molecule has 0 unspecified atom stereocenters. The Hall–Kier alpha value is -2.52. The molecule has 0 bridgehead atoms. The van der Waals surface area contributed by atoms with Crippen LogP contribution < -0.4 is 16.2 Å². The lowest BCUT2D eigenvalue weighted by atomic mass is 10.1. The van der Waals surface area contributed by atoms with Crippen LogP contribution in [0.4, 0.5) is 0 Å². The number of hydrazine groups is 1. The van der Waals surface area contributed by atoms with Crippen molar-refractivity contribution < 1.29 is 9.32 Å². The van der Waals surface area contributed by atoms with E-state index < -0.39 is 0 Å². The molecule has 3 rings (SSSR count). The van der Waals surface area contributed by atoms with Crippen LogP contribution in [0, 0.1) is 13.8 Å². The molecule has 0 saturated heterocycles. The van der Waals surface area contributed by atoms with Crippen LogP contribution in [0.2, 0.25) is 0 Å². The zero-order valence-corrected chi connectivity index (χ0v) is 16.5. The minimum Gasteiger partial charge on any atom is -0.359 e. The van der Waals surface area contributed by atoms with E-state index in [9.17, 15) is 4.79 Å². The third-order valence-electron chi connectivity index (χ3n) is 3.56. The molecular weight excluding hydrogens is 370 g/mol. The normalized spacial score (nSPS) is 11.0. The van der Waals surface area contributed by atoms with Crippen LogP contribution in [-0.4, -0.2) is 27.2 Å². The van der Waals surface area contributed by atoms with E-state index in [1.165, 1.54) is 0 Å². The largest absolute Gasteiger partial charge is 0.359 e. The Morgan fingerprint density at radius 2 is 2.04 bits per heavy atom. The summed E-state index contributed by atoms with van der Waals surface area (Å²) >= 11 is 6.73. The standard InChI is InChI=1S/C17H19N5O2S2/c1-8(2)18-17(25)21-20-15(23)11-7-12(13-6-5-9(3)26-13)19-16-14(11)10(4)22-24-16/h5-8H,1-4H3,(H,20,23)(H2,18,21,25). The Balaban J connectivity index is 1.94. The molecule has 0 aliphatic rings. The van der Waals surface area contributed by atoms with Crippen molar-refractivity contribution in [3.8, 4) is 10.6 Å². The minimum absolute atomic E-state index is 0.161. The Kier molecular flexibility index (Phi) is 5.19. The number of aromatic nitrogens is 2. The number of thiocarbonyl (C=S) groups is 1. The fourth-order valence-electron chi connectivity index (χ4n) is 2.45. The van der Waals surface area contributed by atoms with Crippen molar-refractivity contribution in [1.82, 2.24) is 26.3 Å². The van der Waals surface area contributed by atoms with Gasteiger partial charge in [-0.2, -0.15) is 0 Å². The van der Waals surface area contributed by atoms with Crippen molar-refractivity contribution in [3.63, 3.8) is 0 Å². The van der Waals surface area contributed by atoms with Gasteiger partial charge in [-0.3, -0.25) is 15.6 Å². The third-order valence-corrected chi connectivity index (χ3v) is 4.81. The van der Waals surface area contributed by atoms with E-state index in [0.29, 0.717) is 33.2 Å². The summed E-state index contributed by atoms with van der Waals surface area (Å²) < 4.78 is 5.29. The molecule has 9 heteroatoms. The maximum atomic E-state index is 12.7. The second-order valence-corrected chi connectivity index (χ2v) is 7.82. The summed E-state index contributed by atoms with van der Waals surface area (Å²) in [7, 11) is 0. The van der Waals surface area contributed by atoms with E-state index in [0.717, 1.165) is 9.75 Å². The summed E-state index contributed by atoms with van der Waals surface area (Å²) in [6.07, 6.45) is 0. The molecule has 3 aromatic rings. The molecule has 136 valence electrons. The topological polar surface area (TPSA) is 92.1 Å². The summed E-state index contributed by atoms with van der Waals surface area (Å²) in [5.74, 6) is -0.342. The highest BCUT2D eigenvalue weighted by Gasteiger charge is 2.20. The third kappa shape index (κ3) is 3.83. The smallest absolute Gasteiger partial charge is 0.270 e. The molecule has 0 spiro atoms. The lowest BCUT2D eigenvalue weighted by Crippen LogP contribution is -2.48. The summed E-state index contributed by atoms with van der Waals surface area (Å²) in [4.78, 5) is 19.3. The van der Waals surface area contributed by atoms with Crippen LogP contribution >= 0.6 is 23.6 Å². The molecule has 0 fully saturated rings. The number of hydrogen-bond donors (Lipinski definition) is 3. The predicted octanol–water partition coefficient (Wildman–Crippen LogP) is 3.09. The number of rotatable bonds is 3. The minimum atomic E-state index is -0.342. The summed E-state index contributed by atoms with van der Waals surface area (Å²) in [6.45, 7) is 7.71. The van der Waals surface area contributed by atoms with Crippen molar-refractivity contribution >= 4 is 45.7 Å². The molecule has 0 radical (unpaired) electrons. The number of thiophene rings is 1. The first-order valence-electron chi connectivity index (χ1n) is 8.06. The molecule has 0 aromatic carbocycles. The zero-order chi connectivity index (χ0) is 18.8. The summed E-state index contributed by atoms with van der Waals surface area (Å²) in [6, 6.07) is 5.88. The van der Waals surface area contributed by atoms with Gasteiger partial charge >= 0.3 is 0 Å². The second-order valence-electron chi connectivity index (χ2n) is 6.12. The van der Waals surface area contributed by atoms with E-state index in [1.54, 1.807) is 24.3 Å². The zero-order valence-electron chi connectivity index (χ0n) is 14.8. The molecule has 7 nitrogen and oxygen atoms in total. The van der Waals surface area contributed by atoms with Crippen LogP contribution in [-0.2, 0) is 0 Å². The number of nitrogens with zero attached hydrogens (tertiary/aromatic N) is 2. The van der Waals surface area contributed by atoms with Crippen molar-refractivity contribution in [2.24, 2.45) is 0 Å². The Morgan fingerprint density at radius 1 is 1.27 bits per heavy atom. The van der Waals surface area contributed by atoms with Gasteiger partial charge in [0.25, 0.3) is 11.6 Å². The number of nitrogens with one attached hydrogen (secondary N) is 3. The Labute approximate surface area is 160 Å². The molecule has 0 aliphatic heterocycles. The second kappa shape index (κ2) is 7.38. The van der Waals surface area contributed by atoms with Gasteiger partial charge in [0, 0.05) is 10.9 Å². The molecule has 3 aromatic heterocycles.